The zero-order valence-corrected chi connectivity index (χ0v) is 20.8. The summed E-state index contributed by atoms with van der Waals surface area (Å²) in [6, 6.07) is 16.8. The Kier molecular flexibility index (Phi) is 7.13. The third-order valence-corrected chi connectivity index (χ3v) is 6.61. The molecule has 0 atom stereocenters. The highest BCUT2D eigenvalue weighted by Gasteiger charge is 2.26. The smallest absolute Gasteiger partial charge is 0.174 e. The molecule has 0 saturated heterocycles. The van der Waals surface area contributed by atoms with Crippen molar-refractivity contribution in [2.45, 2.75) is 46.1 Å². The number of nitrogens with one attached hydrogen (secondary N) is 1. The van der Waals surface area contributed by atoms with E-state index < -0.39 is 0 Å². The molecule has 0 aliphatic carbocycles. The van der Waals surface area contributed by atoms with E-state index in [1.165, 1.54) is 17.4 Å². The molecule has 2 aromatic heterocycles. The van der Waals surface area contributed by atoms with E-state index in [0.29, 0.717) is 13.1 Å². The predicted molar refractivity (Wildman–Crippen MR) is 140 cm³/mol. The Morgan fingerprint density at radius 1 is 0.833 bits per heavy atom. The summed E-state index contributed by atoms with van der Waals surface area (Å²) in [6.45, 7) is 6.44. The Morgan fingerprint density at radius 3 is 2.11 bits per heavy atom. The van der Waals surface area contributed by atoms with Crippen LogP contribution in [0.25, 0.3) is 28.1 Å². The highest BCUT2D eigenvalue weighted by atomic mass is 16.2. The second kappa shape index (κ2) is 10.8. The third kappa shape index (κ3) is 5.33. The van der Waals surface area contributed by atoms with Crippen LogP contribution in [0.4, 0.5) is 0 Å². The van der Waals surface area contributed by atoms with Crippen LogP contribution < -0.4 is 0 Å². The number of nitrogens with zero attached hydrogens (tertiary/aromatic N) is 6. The van der Waals surface area contributed by atoms with Gasteiger partial charge >= 0.3 is 0 Å². The average molecular weight is 482 g/mol. The van der Waals surface area contributed by atoms with Crippen LogP contribution in [0.3, 0.4) is 0 Å². The molecule has 0 fully saturated rings. The van der Waals surface area contributed by atoms with Crippen LogP contribution in [-0.4, -0.2) is 53.7 Å². The average Bonchev–Trinajstić information content (AvgIpc) is 3.42. The van der Waals surface area contributed by atoms with E-state index in [1.54, 1.807) is 0 Å². The number of hydrogen-bond acceptors (Lipinski definition) is 7. The SMILES string of the molecule is Cc1ccc(-c2nc3c(nc2-c2ccc(C)cc2)/C(=C/O)CN(CCCCCc2nn[nH]n2)C3)cc1. The molecule has 0 bridgehead atoms. The molecule has 0 saturated carbocycles. The molecular weight excluding hydrogens is 450 g/mol. The van der Waals surface area contributed by atoms with Gasteiger partial charge in [-0.3, -0.25) is 4.90 Å². The van der Waals surface area contributed by atoms with Gasteiger partial charge in [-0.25, -0.2) is 9.97 Å². The van der Waals surface area contributed by atoms with Crippen LogP contribution in [0, 0.1) is 13.8 Å². The number of fused-ring (bicyclic) bond motifs is 1. The molecule has 5 rings (SSSR count). The molecule has 1 aliphatic heterocycles. The summed E-state index contributed by atoms with van der Waals surface area (Å²) < 4.78 is 0. The number of benzene rings is 2. The van der Waals surface area contributed by atoms with Gasteiger partial charge in [0.05, 0.1) is 29.0 Å². The first-order valence-corrected chi connectivity index (χ1v) is 12.4. The van der Waals surface area contributed by atoms with Gasteiger partial charge < -0.3 is 5.11 Å². The van der Waals surface area contributed by atoms with Crippen LogP contribution in [0.15, 0.2) is 54.8 Å². The van der Waals surface area contributed by atoms with E-state index in [0.717, 1.165) is 77.5 Å². The number of aliphatic hydroxyl groups is 1. The second-order valence-electron chi connectivity index (χ2n) is 9.45. The molecule has 8 nitrogen and oxygen atoms in total. The first-order chi connectivity index (χ1) is 17.6. The lowest BCUT2D eigenvalue weighted by Crippen LogP contribution is -2.32. The van der Waals surface area contributed by atoms with Gasteiger partial charge in [-0.1, -0.05) is 71.3 Å². The van der Waals surface area contributed by atoms with Gasteiger partial charge in [-0.05, 0) is 33.2 Å². The number of hydrogen-bond donors (Lipinski definition) is 2. The topological polar surface area (TPSA) is 104 Å². The number of aromatic nitrogens is 6. The Balaban J connectivity index is 1.40. The van der Waals surface area contributed by atoms with E-state index in [9.17, 15) is 5.11 Å². The quantitative estimate of drug-likeness (QED) is 0.267. The Morgan fingerprint density at radius 2 is 1.50 bits per heavy atom. The highest BCUT2D eigenvalue weighted by Crippen LogP contribution is 2.34. The lowest BCUT2D eigenvalue weighted by Gasteiger charge is -2.29. The fourth-order valence-electron chi connectivity index (χ4n) is 4.59. The van der Waals surface area contributed by atoms with Gasteiger partial charge in [0.15, 0.2) is 5.82 Å². The molecular formula is C28H31N7O. The number of aliphatic hydroxyl groups excluding tert-OH is 1. The maximum absolute atomic E-state index is 10.1. The van der Waals surface area contributed by atoms with Crippen molar-refractivity contribution in [1.82, 2.24) is 35.5 Å². The maximum Gasteiger partial charge on any atom is 0.174 e. The predicted octanol–water partition coefficient (Wildman–Crippen LogP) is 5.07. The van der Waals surface area contributed by atoms with Crippen LogP contribution in [0.2, 0.25) is 0 Å². The number of unbranched alkanes of at least 4 members (excludes halogenated alkanes) is 2. The summed E-state index contributed by atoms with van der Waals surface area (Å²) in [7, 11) is 0. The van der Waals surface area contributed by atoms with Crippen LogP contribution >= 0.6 is 0 Å². The van der Waals surface area contributed by atoms with Crippen LogP contribution in [0.5, 0.6) is 0 Å². The first-order valence-electron chi connectivity index (χ1n) is 12.4. The summed E-state index contributed by atoms with van der Waals surface area (Å²) >= 11 is 0. The van der Waals surface area contributed by atoms with Crippen LogP contribution in [-0.2, 0) is 13.0 Å². The molecule has 1 aliphatic rings. The summed E-state index contributed by atoms with van der Waals surface area (Å²) in [6.07, 6.45) is 5.16. The van der Waals surface area contributed by atoms with E-state index in [1.807, 2.05) is 0 Å². The fraction of sp³-hybridized carbons (Fsp3) is 0.321. The van der Waals surface area contributed by atoms with E-state index >= 15 is 0 Å². The zero-order chi connectivity index (χ0) is 24.9. The monoisotopic (exact) mass is 481 g/mol. The van der Waals surface area contributed by atoms with Crippen molar-refractivity contribution >= 4 is 5.57 Å². The zero-order valence-electron chi connectivity index (χ0n) is 20.8. The van der Waals surface area contributed by atoms with Crippen molar-refractivity contribution in [1.29, 1.82) is 0 Å². The Labute approximate surface area is 211 Å². The van der Waals surface area contributed by atoms with Gasteiger partial charge in [0.1, 0.15) is 0 Å². The number of rotatable bonds is 8. The Hall–Kier alpha value is -3.91. The number of H-pyrrole nitrogens is 1. The largest absolute Gasteiger partial charge is 0.515 e. The van der Waals surface area contributed by atoms with Crippen molar-refractivity contribution in [3.63, 3.8) is 0 Å². The lowest BCUT2D eigenvalue weighted by molar-refractivity contribution is 0.276. The minimum atomic E-state index is 0.653. The van der Waals surface area contributed by atoms with Gasteiger partial charge in [-0.2, -0.15) is 5.21 Å². The minimum Gasteiger partial charge on any atom is -0.515 e. The first kappa shape index (κ1) is 23.8. The summed E-state index contributed by atoms with van der Waals surface area (Å²) in [4.78, 5) is 12.6. The van der Waals surface area contributed by atoms with Crippen molar-refractivity contribution in [3.8, 4) is 22.5 Å². The van der Waals surface area contributed by atoms with E-state index in [4.69, 9.17) is 9.97 Å². The van der Waals surface area contributed by atoms with Gasteiger partial charge in [-0.15, -0.1) is 10.2 Å². The normalized spacial score (nSPS) is 14.8. The summed E-state index contributed by atoms with van der Waals surface area (Å²) in [5.74, 6) is 0.760. The van der Waals surface area contributed by atoms with E-state index in [-0.39, 0.29) is 0 Å². The van der Waals surface area contributed by atoms with Crippen molar-refractivity contribution < 1.29 is 5.11 Å². The van der Waals surface area contributed by atoms with Gasteiger partial charge in [0.2, 0.25) is 0 Å². The molecule has 2 aromatic carbocycles. The number of aryl methyl sites for hydroxylation is 3. The highest BCUT2D eigenvalue weighted by molar-refractivity contribution is 5.80. The molecule has 4 aromatic rings. The third-order valence-electron chi connectivity index (χ3n) is 6.61. The molecule has 2 N–H and O–H groups in total. The van der Waals surface area contributed by atoms with E-state index in [2.05, 4.69) is 87.9 Å². The van der Waals surface area contributed by atoms with Gasteiger partial charge in [0, 0.05) is 36.2 Å². The number of aromatic amines is 1. The molecule has 36 heavy (non-hydrogen) atoms. The molecule has 0 unspecified atom stereocenters. The molecule has 3 heterocycles. The number of tetrazole rings is 1. The standard InChI is InChI=1S/C28H31N7O/c1-19-7-11-21(12-8-19)27-28(22-13-9-20(2)10-14-22)30-26-23(18-36)16-35(17-24(26)29-27)15-5-3-4-6-25-31-33-34-32-25/h7-14,18,36H,3-6,15-17H2,1-2H3,(H,31,32,33,34)/b23-18+. The molecule has 8 heteroatoms. The maximum atomic E-state index is 10.1. The Bertz CT molecular complexity index is 1330. The molecule has 184 valence electrons. The summed E-state index contributed by atoms with van der Waals surface area (Å²) in [5, 5.41) is 24.2. The van der Waals surface area contributed by atoms with Crippen molar-refractivity contribution in [3.05, 3.63) is 83.1 Å². The summed E-state index contributed by atoms with van der Waals surface area (Å²) in [5.41, 5.74) is 8.68. The fourth-order valence-corrected chi connectivity index (χ4v) is 4.59. The van der Waals surface area contributed by atoms with Gasteiger partial charge in [0.25, 0.3) is 0 Å². The molecule has 0 amide bonds. The second-order valence-corrected chi connectivity index (χ2v) is 9.45. The van der Waals surface area contributed by atoms with Crippen LogP contribution in [0.1, 0.15) is 47.6 Å². The lowest BCUT2D eigenvalue weighted by atomic mass is 9.99. The minimum absolute atomic E-state index is 0.653. The molecule has 0 spiro atoms. The van der Waals surface area contributed by atoms with Crippen molar-refractivity contribution in [2.24, 2.45) is 0 Å². The van der Waals surface area contributed by atoms with Crippen molar-refractivity contribution in [2.75, 3.05) is 13.1 Å². The molecule has 0 radical (unpaired) electrons.